The van der Waals surface area contributed by atoms with Crippen LogP contribution in [0, 0.1) is 13.8 Å². The Kier molecular flexibility index (Phi) is 10.2. The quantitative estimate of drug-likeness (QED) is 0.233. The van der Waals surface area contributed by atoms with Gasteiger partial charge in [-0.25, -0.2) is 4.79 Å². The summed E-state index contributed by atoms with van der Waals surface area (Å²) < 4.78 is 41.1. The van der Waals surface area contributed by atoms with E-state index >= 15 is 0 Å². The molecule has 0 unspecified atom stereocenters. The van der Waals surface area contributed by atoms with Crippen molar-refractivity contribution in [2.24, 2.45) is 0 Å². The fourth-order valence-corrected chi connectivity index (χ4v) is 6.26. The van der Waals surface area contributed by atoms with Gasteiger partial charge in [-0.15, -0.1) is 0 Å². The summed E-state index contributed by atoms with van der Waals surface area (Å²) in [6, 6.07) is 11.7. The number of ether oxygens (including phenoxy) is 2. The molecule has 214 valence electrons. The summed E-state index contributed by atoms with van der Waals surface area (Å²) >= 11 is 0.938. The summed E-state index contributed by atoms with van der Waals surface area (Å²) in [5.74, 6) is -1.43. The highest BCUT2D eigenvalue weighted by Gasteiger charge is 2.56. The Hall–Kier alpha value is -2.52. The summed E-state index contributed by atoms with van der Waals surface area (Å²) in [4.78, 5) is 23.5. The highest BCUT2D eigenvalue weighted by molar-refractivity contribution is 8.01. The average molecular weight is 584 g/mol. The van der Waals surface area contributed by atoms with Crippen LogP contribution < -0.4 is 5.32 Å². The van der Waals surface area contributed by atoms with Crippen molar-refractivity contribution >= 4 is 33.8 Å². The third-order valence-corrected chi connectivity index (χ3v) is 8.74. The lowest BCUT2D eigenvalue weighted by atomic mass is 9.89. The fraction of sp³-hybridized carbons (Fsp3) is 0.462. The molecule has 1 aliphatic rings. The lowest BCUT2D eigenvalue weighted by Crippen LogP contribution is -2.66. The zero-order valence-corrected chi connectivity index (χ0v) is 23.6. The van der Waals surface area contributed by atoms with Crippen molar-refractivity contribution in [3.63, 3.8) is 0 Å². The molecule has 1 amide bonds. The molecule has 0 aromatic heterocycles. The third-order valence-electron chi connectivity index (χ3n) is 6.18. The summed E-state index contributed by atoms with van der Waals surface area (Å²) in [5, 5.41) is 35.3. The van der Waals surface area contributed by atoms with Gasteiger partial charge in [0.2, 0.25) is 10.8 Å². The molecule has 1 heterocycles. The number of benzene rings is 2. The number of hydrogen-bond donors (Lipinski definition) is 4. The number of methoxy groups -OCH3 is 1. The Morgan fingerprint density at radius 3 is 2.21 bits per heavy atom. The number of thioether (sulfide) groups is 1. The number of carbonyl (C=O) groups excluding carboxylic acids is 2. The largest absolute Gasteiger partial charge is 0.466 e. The van der Waals surface area contributed by atoms with E-state index in [0.29, 0.717) is 4.90 Å². The van der Waals surface area contributed by atoms with E-state index in [4.69, 9.17) is 13.7 Å². The number of amides is 1. The van der Waals surface area contributed by atoms with Gasteiger partial charge in [0.1, 0.15) is 18.3 Å². The number of nitrogens with one attached hydrogen (secondary N) is 1. The molecule has 0 bridgehead atoms. The van der Waals surface area contributed by atoms with Crippen LogP contribution in [0.15, 0.2) is 58.3 Å². The van der Waals surface area contributed by atoms with Gasteiger partial charge in [0.05, 0.1) is 30.8 Å². The number of aliphatic hydroxyl groups excluding tert-OH is 3. The molecule has 3 rings (SSSR count). The molecule has 0 aliphatic carbocycles. The van der Waals surface area contributed by atoms with E-state index in [2.05, 4.69) is 5.32 Å². The van der Waals surface area contributed by atoms with Crippen molar-refractivity contribution in [2.45, 2.75) is 72.4 Å². The second-order valence-electron chi connectivity index (χ2n) is 9.35. The summed E-state index contributed by atoms with van der Waals surface area (Å²) in [5.41, 5.74) is 1.80. The maximum atomic E-state index is 13.0. The molecule has 2 aromatic carbocycles. The normalized spacial score (nSPS) is 24.9. The van der Waals surface area contributed by atoms with Gasteiger partial charge in [-0.05, 0) is 38.1 Å². The van der Waals surface area contributed by atoms with Gasteiger partial charge in [0.25, 0.3) is 10.1 Å². The maximum absolute atomic E-state index is 13.0. The minimum atomic E-state index is -4.27. The molecule has 2 aromatic rings. The van der Waals surface area contributed by atoms with Crippen LogP contribution in [0.2, 0.25) is 0 Å². The molecule has 11 nitrogen and oxygen atoms in total. The van der Waals surface area contributed by atoms with Gasteiger partial charge in [-0.1, -0.05) is 47.2 Å². The zero-order valence-electron chi connectivity index (χ0n) is 21.9. The van der Waals surface area contributed by atoms with Gasteiger partial charge < -0.3 is 30.1 Å². The van der Waals surface area contributed by atoms with E-state index in [1.54, 1.807) is 31.2 Å². The Bertz CT molecular complexity index is 1250. The van der Waals surface area contributed by atoms with Crippen molar-refractivity contribution in [1.82, 2.24) is 5.32 Å². The van der Waals surface area contributed by atoms with Crippen molar-refractivity contribution in [1.29, 1.82) is 0 Å². The average Bonchev–Trinajstić information content (AvgIpc) is 2.89. The van der Waals surface area contributed by atoms with Gasteiger partial charge in [0.15, 0.2) is 0 Å². The molecule has 1 saturated heterocycles. The topological polar surface area (TPSA) is 169 Å². The van der Waals surface area contributed by atoms with Gasteiger partial charge in [-0.3, -0.25) is 8.98 Å². The predicted octanol–water partition coefficient (Wildman–Crippen LogP) is 1.05. The first-order valence-electron chi connectivity index (χ1n) is 12.1. The van der Waals surface area contributed by atoms with Crippen molar-refractivity contribution in [2.75, 3.05) is 13.7 Å². The molecule has 4 N–H and O–H groups in total. The number of carbonyl (C=O) groups is 2. The highest BCUT2D eigenvalue weighted by atomic mass is 32.2. The minimum Gasteiger partial charge on any atom is -0.466 e. The molecule has 1 fully saturated rings. The fourth-order valence-electron chi connectivity index (χ4n) is 4.10. The molecule has 0 saturated carbocycles. The van der Waals surface area contributed by atoms with E-state index in [0.717, 1.165) is 30.0 Å². The van der Waals surface area contributed by atoms with E-state index in [1.807, 2.05) is 19.1 Å². The second-order valence-corrected chi connectivity index (χ2v) is 12.3. The summed E-state index contributed by atoms with van der Waals surface area (Å²) in [6.07, 6.45) is -7.04. The van der Waals surface area contributed by atoms with Crippen LogP contribution in [0.1, 0.15) is 24.5 Å². The number of hydrogen-bond acceptors (Lipinski definition) is 11. The SMILES string of the molecule is COC(=O)[C@]1(Sc2ccc(C)cc2)C[C@H](O)[C@@H](NC(C)=O)[C@H]([C@H](O)[C@H](O)COS(=O)(=O)c2ccc(C)cc2)O1. The number of rotatable bonds is 10. The number of aliphatic hydroxyl groups is 3. The first-order chi connectivity index (χ1) is 18.3. The Labute approximate surface area is 231 Å². The Morgan fingerprint density at radius 1 is 1.10 bits per heavy atom. The zero-order chi connectivity index (χ0) is 29.0. The van der Waals surface area contributed by atoms with E-state index in [-0.39, 0.29) is 11.3 Å². The van der Waals surface area contributed by atoms with Gasteiger partial charge >= 0.3 is 5.97 Å². The summed E-state index contributed by atoms with van der Waals surface area (Å²) in [6.45, 7) is 3.99. The Morgan fingerprint density at radius 2 is 1.67 bits per heavy atom. The molecule has 0 spiro atoms. The third kappa shape index (κ3) is 7.57. The van der Waals surface area contributed by atoms with Crippen molar-refractivity contribution in [3.05, 3.63) is 59.7 Å². The lowest BCUT2D eigenvalue weighted by Gasteiger charge is -2.47. The van der Waals surface area contributed by atoms with Crippen LogP contribution in [-0.2, 0) is 33.4 Å². The van der Waals surface area contributed by atoms with Gasteiger partial charge in [-0.2, -0.15) is 8.42 Å². The second kappa shape index (κ2) is 12.8. The predicted molar refractivity (Wildman–Crippen MR) is 141 cm³/mol. The van der Waals surface area contributed by atoms with E-state index in [9.17, 15) is 33.3 Å². The summed E-state index contributed by atoms with van der Waals surface area (Å²) in [7, 11) is -3.14. The van der Waals surface area contributed by atoms with Crippen LogP contribution in [0.3, 0.4) is 0 Å². The molecular formula is C26H33NO10S2. The first kappa shape index (κ1) is 31.0. The van der Waals surface area contributed by atoms with Crippen molar-refractivity contribution in [3.8, 4) is 0 Å². The maximum Gasteiger partial charge on any atom is 0.349 e. The van der Waals surface area contributed by atoms with Crippen LogP contribution in [0.4, 0.5) is 0 Å². The molecule has 6 atom stereocenters. The van der Waals surface area contributed by atoms with Crippen LogP contribution in [0.25, 0.3) is 0 Å². The van der Waals surface area contributed by atoms with Gasteiger partial charge in [0, 0.05) is 18.2 Å². The van der Waals surface area contributed by atoms with E-state index < -0.39 is 64.0 Å². The molecule has 0 radical (unpaired) electrons. The monoisotopic (exact) mass is 583 g/mol. The number of esters is 1. The standard InChI is InChI=1S/C26H33NO10S2/c1-15-5-9-18(10-6-15)38-26(25(32)35-4)13-20(29)22(27-17(3)28)24(37-26)23(31)21(30)14-36-39(33,34)19-11-7-16(2)8-12-19/h5-12,20-24,29-31H,13-14H2,1-4H3,(H,27,28)/t20-,21+,22+,23+,24+,26+/m0/s1. The highest BCUT2D eigenvalue weighted by Crippen LogP contribution is 2.44. The Balaban J connectivity index is 1.88. The minimum absolute atomic E-state index is 0.144. The smallest absolute Gasteiger partial charge is 0.349 e. The van der Waals surface area contributed by atoms with Crippen LogP contribution in [-0.4, -0.2) is 84.7 Å². The molecular weight excluding hydrogens is 550 g/mol. The van der Waals surface area contributed by atoms with Crippen molar-refractivity contribution < 1.29 is 47.0 Å². The first-order valence-corrected chi connectivity index (χ1v) is 14.3. The number of aryl methyl sites for hydroxylation is 2. The van der Waals surface area contributed by atoms with Crippen LogP contribution in [0.5, 0.6) is 0 Å². The van der Waals surface area contributed by atoms with E-state index in [1.165, 1.54) is 19.1 Å². The molecule has 1 aliphatic heterocycles. The lowest BCUT2D eigenvalue weighted by molar-refractivity contribution is -0.206. The van der Waals surface area contributed by atoms with Crippen LogP contribution >= 0.6 is 11.8 Å². The molecule has 39 heavy (non-hydrogen) atoms. The molecule has 13 heteroatoms.